The molecule has 1 aliphatic rings. The molecule has 1 aliphatic heterocycles. The molecule has 0 radical (unpaired) electrons. The number of likely N-dealkylation sites (tertiary alicyclic amines) is 1. The molecular formula is C25H30N2O2. The number of nitrogens with zero attached hydrogens (tertiary/aromatic N) is 1. The van der Waals surface area contributed by atoms with Crippen molar-refractivity contribution in [3.63, 3.8) is 0 Å². The topological polar surface area (TPSA) is 45.5 Å². The Bertz CT molecular complexity index is 1030. The third-order valence-electron chi connectivity index (χ3n) is 6.08. The van der Waals surface area contributed by atoms with Crippen LogP contribution in [0.15, 0.2) is 40.8 Å². The third-order valence-corrected chi connectivity index (χ3v) is 6.08. The van der Waals surface area contributed by atoms with E-state index in [1.807, 2.05) is 19.9 Å². The van der Waals surface area contributed by atoms with E-state index in [2.05, 4.69) is 54.4 Å². The number of carbonyl (C=O) groups is 1. The number of amides is 1. The minimum atomic E-state index is -0.132. The van der Waals surface area contributed by atoms with E-state index < -0.39 is 0 Å². The summed E-state index contributed by atoms with van der Waals surface area (Å²) < 4.78 is 5.98. The molecule has 1 atom stereocenters. The normalized spacial score (nSPS) is 15.7. The molecule has 0 spiro atoms. The number of hydrogen-bond donors (Lipinski definition) is 1. The molecular weight excluding hydrogens is 360 g/mol. The lowest BCUT2D eigenvalue weighted by Gasteiger charge is -2.28. The summed E-state index contributed by atoms with van der Waals surface area (Å²) in [7, 11) is 0. The Morgan fingerprint density at radius 2 is 1.72 bits per heavy atom. The lowest BCUT2D eigenvalue weighted by molar-refractivity contribution is 0.0911. The number of fused-ring (bicyclic) bond motifs is 1. The van der Waals surface area contributed by atoms with Crippen molar-refractivity contribution in [3.8, 4) is 0 Å². The molecule has 4 rings (SSSR count). The average molecular weight is 391 g/mol. The Morgan fingerprint density at radius 1 is 1.03 bits per heavy atom. The molecule has 1 aromatic heterocycles. The van der Waals surface area contributed by atoms with Gasteiger partial charge in [0.15, 0.2) is 5.76 Å². The third kappa shape index (κ3) is 3.95. The van der Waals surface area contributed by atoms with E-state index in [-0.39, 0.29) is 11.9 Å². The summed E-state index contributed by atoms with van der Waals surface area (Å²) in [5, 5.41) is 4.20. The highest BCUT2D eigenvalue weighted by Crippen LogP contribution is 2.30. The van der Waals surface area contributed by atoms with Crippen molar-refractivity contribution >= 4 is 16.9 Å². The van der Waals surface area contributed by atoms with Crippen LogP contribution in [-0.2, 0) is 0 Å². The largest absolute Gasteiger partial charge is 0.451 e. The minimum Gasteiger partial charge on any atom is -0.451 e. The average Bonchev–Trinajstić information content (AvgIpc) is 3.31. The van der Waals surface area contributed by atoms with Gasteiger partial charge in [0.1, 0.15) is 5.58 Å². The minimum absolute atomic E-state index is 0.132. The van der Waals surface area contributed by atoms with Gasteiger partial charge in [0.05, 0.1) is 6.04 Å². The number of hydrogen-bond acceptors (Lipinski definition) is 3. The van der Waals surface area contributed by atoms with E-state index in [0.717, 1.165) is 40.7 Å². The quantitative estimate of drug-likeness (QED) is 0.648. The van der Waals surface area contributed by atoms with Gasteiger partial charge in [-0.2, -0.15) is 0 Å². The van der Waals surface area contributed by atoms with Crippen LogP contribution in [0.2, 0.25) is 0 Å². The van der Waals surface area contributed by atoms with Crippen LogP contribution >= 0.6 is 0 Å². The predicted octanol–water partition coefficient (Wildman–Crippen LogP) is 5.23. The first-order valence-corrected chi connectivity index (χ1v) is 10.5. The van der Waals surface area contributed by atoms with Crippen molar-refractivity contribution < 1.29 is 9.21 Å². The van der Waals surface area contributed by atoms with Crippen LogP contribution in [0, 0.1) is 27.7 Å². The van der Waals surface area contributed by atoms with E-state index >= 15 is 0 Å². The van der Waals surface area contributed by atoms with Crippen LogP contribution in [0.3, 0.4) is 0 Å². The maximum Gasteiger partial charge on any atom is 0.287 e. The van der Waals surface area contributed by atoms with Crippen LogP contribution in [0.1, 0.15) is 57.3 Å². The molecule has 0 unspecified atom stereocenters. The molecule has 3 aromatic rings. The number of nitrogens with one attached hydrogen (secondary N) is 1. The van der Waals surface area contributed by atoms with Gasteiger partial charge < -0.3 is 9.73 Å². The molecule has 0 saturated carbocycles. The molecule has 2 heterocycles. The summed E-state index contributed by atoms with van der Waals surface area (Å²) >= 11 is 0. The number of benzene rings is 2. The van der Waals surface area contributed by atoms with E-state index in [1.165, 1.54) is 24.0 Å². The Kier molecular flexibility index (Phi) is 5.46. The Balaban J connectivity index is 1.56. The second-order valence-corrected chi connectivity index (χ2v) is 8.39. The Labute approximate surface area is 172 Å². The lowest BCUT2D eigenvalue weighted by Crippen LogP contribution is -2.36. The van der Waals surface area contributed by atoms with Crippen molar-refractivity contribution in [2.24, 2.45) is 0 Å². The molecule has 0 aliphatic carbocycles. The zero-order valence-electron chi connectivity index (χ0n) is 17.8. The van der Waals surface area contributed by atoms with Gasteiger partial charge in [0.2, 0.25) is 0 Å². The zero-order valence-corrected chi connectivity index (χ0v) is 17.8. The fraction of sp³-hybridized carbons (Fsp3) is 0.400. The first kappa shape index (κ1) is 19.7. The zero-order chi connectivity index (χ0) is 20.5. The smallest absolute Gasteiger partial charge is 0.287 e. The Hall–Kier alpha value is -2.59. The lowest BCUT2D eigenvalue weighted by atomic mass is 10.0. The summed E-state index contributed by atoms with van der Waals surface area (Å²) in [5.74, 6) is 0.296. The van der Waals surface area contributed by atoms with Gasteiger partial charge in [0.25, 0.3) is 5.91 Å². The summed E-state index contributed by atoms with van der Waals surface area (Å²) in [4.78, 5) is 15.5. The van der Waals surface area contributed by atoms with Crippen LogP contribution < -0.4 is 5.32 Å². The van der Waals surface area contributed by atoms with Crippen LogP contribution in [-0.4, -0.2) is 30.4 Å². The second-order valence-electron chi connectivity index (χ2n) is 8.39. The standard InChI is InChI=1S/C25H30N2O2/c1-16-7-9-20(10-8-16)21(27-11-5-6-12-27)15-26-25(28)24-19(4)23-18(3)13-17(2)14-22(23)29-24/h7-10,13-14,21H,5-6,11-12,15H2,1-4H3,(H,26,28)/t21-/m0/s1. The maximum absolute atomic E-state index is 13.0. The van der Waals surface area contributed by atoms with Gasteiger partial charge in [-0.3, -0.25) is 9.69 Å². The van der Waals surface area contributed by atoms with E-state index in [9.17, 15) is 4.79 Å². The highest BCUT2D eigenvalue weighted by molar-refractivity contribution is 6.00. The van der Waals surface area contributed by atoms with Crippen molar-refractivity contribution in [2.45, 2.75) is 46.6 Å². The maximum atomic E-state index is 13.0. The fourth-order valence-corrected chi connectivity index (χ4v) is 4.58. The molecule has 1 fully saturated rings. The van der Waals surface area contributed by atoms with Crippen molar-refractivity contribution in [1.82, 2.24) is 10.2 Å². The molecule has 0 bridgehead atoms. The second kappa shape index (κ2) is 8.03. The summed E-state index contributed by atoms with van der Waals surface area (Å²) in [5.41, 5.74) is 6.51. The van der Waals surface area contributed by atoms with Crippen LogP contribution in [0.25, 0.3) is 11.0 Å². The van der Waals surface area contributed by atoms with Crippen LogP contribution in [0.5, 0.6) is 0 Å². The van der Waals surface area contributed by atoms with Gasteiger partial charge >= 0.3 is 0 Å². The molecule has 1 N–H and O–H groups in total. The first-order chi connectivity index (χ1) is 13.9. The highest BCUT2D eigenvalue weighted by Gasteiger charge is 2.25. The summed E-state index contributed by atoms with van der Waals surface area (Å²) in [6.07, 6.45) is 2.44. The van der Waals surface area contributed by atoms with Crippen molar-refractivity contribution in [3.05, 3.63) is 70.0 Å². The fourth-order valence-electron chi connectivity index (χ4n) is 4.58. The number of carbonyl (C=O) groups excluding carboxylic acids is 1. The van der Waals surface area contributed by atoms with E-state index in [4.69, 9.17) is 4.42 Å². The van der Waals surface area contributed by atoms with Gasteiger partial charge in [0, 0.05) is 17.5 Å². The summed E-state index contributed by atoms with van der Waals surface area (Å²) in [6.45, 7) is 10.9. The summed E-state index contributed by atoms with van der Waals surface area (Å²) in [6, 6.07) is 13.0. The molecule has 29 heavy (non-hydrogen) atoms. The molecule has 1 saturated heterocycles. The SMILES string of the molecule is Cc1ccc([C@H](CNC(=O)c2oc3cc(C)cc(C)c3c2C)N2CCCC2)cc1. The van der Waals surface area contributed by atoms with Gasteiger partial charge in [-0.1, -0.05) is 35.9 Å². The van der Waals surface area contributed by atoms with Crippen molar-refractivity contribution in [1.29, 1.82) is 0 Å². The first-order valence-electron chi connectivity index (χ1n) is 10.5. The predicted molar refractivity (Wildman–Crippen MR) is 117 cm³/mol. The molecule has 152 valence electrons. The van der Waals surface area contributed by atoms with Gasteiger partial charge in [-0.05, 0) is 76.4 Å². The molecule has 4 heteroatoms. The number of furan rings is 1. The monoisotopic (exact) mass is 390 g/mol. The van der Waals surface area contributed by atoms with Gasteiger partial charge in [-0.25, -0.2) is 0 Å². The van der Waals surface area contributed by atoms with Gasteiger partial charge in [-0.15, -0.1) is 0 Å². The van der Waals surface area contributed by atoms with E-state index in [1.54, 1.807) is 0 Å². The molecule has 1 amide bonds. The van der Waals surface area contributed by atoms with Crippen molar-refractivity contribution in [2.75, 3.05) is 19.6 Å². The number of aryl methyl sites for hydroxylation is 4. The molecule has 4 nitrogen and oxygen atoms in total. The number of rotatable bonds is 5. The Morgan fingerprint density at radius 3 is 2.41 bits per heavy atom. The molecule has 2 aromatic carbocycles. The highest BCUT2D eigenvalue weighted by atomic mass is 16.3. The van der Waals surface area contributed by atoms with Crippen LogP contribution in [0.4, 0.5) is 0 Å². The van der Waals surface area contributed by atoms with E-state index in [0.29, 0.717) is 12.3 Å².